The van der Waals surface area contributed by atoms with E-state index in [-0.39, 0.29) is 0 Å². The summed E-state index contributed by atoms with van der Waals surface area (Å²) >= 11 is 0. The molecule has 1 fully saturated rings. The zero-order valence-corrected chi connectivity index (χ0v) is 18.4. The van der Waals surface area contributed by atoms with Crippen LogP contribution in [0.4, 0.5) is 0 Å². The number of carbonyl (C=O) groups is 1. The van der Waals surface area contributed by atoms with E-state index in [1.54, 1.807) is 19.2 Å². The van der Waals surface area contributed by atoms with Crippen LogP contribution < -0.4 is 4.74 Å². The summed E-state index contributed by atoms with van der Waals surface area (Å²) in [6.07, 6.45) is 6.60. The third kappa shape index (κ3) is 4.10. The summed E-state index contributed by atoms with van der Waals surface area (Å²) in [5.41, 5.74) is 5.10. The van der Waals surface area contributed by atoms with Crippen LogP contribution in [-0.4, -0.2) is 52.7 Å². The molecule has 4 aromatic rings. The van der Waals surface area contributed by atoms with Crippen LogP contribution in [0.5, 0.6) is 5.75 Å². The van der Waals surface area contributed by atoms with Crippen LogP contribution in [0, 0.1) is 0 Å². The van der Waals surface area contributed by atoms with E-state index in [0.717, 1.165) is 67.5 Å². The molecule has 0 spiro atoms. The maximum atomic E-state index is 11.2. The molecule has 0 amide bonds. The number of aromatic carboxylic acids is 1. The minimum Gasteiger partial charge on any atom is -0.497 e. The molecular formula is C26H29N3O3. The van der Waals surface area contributed by atoms with E-state index in [1.807, 2.05) is 12.1 Å². The quantitative estimate of drug-likeness (QED) is 0.377. The fraction of sp³-hybridized carbons (Fsp3) is 0.346. The molecule has 32 heavy (non-hydrogen) atoms. The monoisotopic (exact) mass is 431 g/mol. The van der Waals surface area contributed by atoms with Crippen LogP contribution in [-0.2, 0) is 6.42 Å². The Kier molecular flexibility index (Phi) is 5.62. The van der Waals surface area contributed by atoms with Gasteiger partial charge in [0.15, 0.2) is 0 Å². The molecule has 0 saturated carbocycles. The Bertz CT molecular complexity index is 1250. The van der Waals surface area contributed by atoms with Crippen LogP contribution in [0.1, 0.15) is 46.8 Å². The Hall–Kier alpha value is -3.25. The van der Waals surface area contributed by atoms with Crippen LogP contribution in [0.3, 0.4) is 0 Å². The van der Waals surface area contributed by atoms with Gasteiger partial charge in [0.05, 0.1) is 12.7 Å². The van der Waals surface area contributed by atoms with Crippen LogP contribution >= 0.6 is 0 Å². The predicted octanol–water partition coefficient (Wildman–Crippen LogP) is 5.17. The molecule has 6 heteroatoms. The summed E-state index contributed by atoms with van der Waals surface area (Å²) in [4.78, 5) is 20.7. The van der Waals surface area contributed by atoms with E-state index >= 15 is 0 Å². The first-order valence-corrected chi connectivity index (χ1v) is 11.3. The van der Waals surface area contributed by atoms with E-state index in [9.17, 15) is 9.90 Å². The van der Waals surface area contributed by atoms with Gasteiger partial charge in [-0.15, -0.1) is 0 Å². The van der Waals surface area contributed by atoms with Crippen molar-refractivity contribution in [3.05, 3.63) is 65.5 Å². The van der Waals surface area contributed by atoms with Gasteiger partial charge in [-0.3, -0.25) is 0 Å². The molecule has 2 aromatic carbocycles. The molecule has 3 heterocycles. The molecule has 1 saturated heterocycles. The molecule has 2 aromatic heterocycles. The summed E-state index contributed by atoms with van der Waals surface area (Å²) in [6, 6.07) is 13.6. The molecule has 0 aliphatic carbocycles. The smallest absolute Gasteiger partial charge is 0.335 e. The van der Waals surface area contributed by atoms with Gasteiger partial charge in [0.2, 0.25) is 0 Å². The van der Waals surface area contributed by atoms with Gasteiger partial charge in [0.25, 0.3) is 0 Å². The van der Waals surface area contributed by atoms with Crippen molar-refractivity contribution in [1.82, 2.24) is 14.9 Å². The van der Waals surface area contributed by atoms with Crippen molar-refractivity contribution in [2.75, 3.05) is 26.7 Å². The fourth-order valence-electron chi connectivity index (χ4n) is 4.97. The highest BCUT2D eigenvalue weighted by molar-refractivity contribution is 5.93. The second-order valence-corrected chi connectivity index (χ2v) is 8.78. The lowest BCUT2D eigenvalue weighted by Crippen LogP contribution is -2.33. The lowest BCUT2D eigenvalue weighted by molar-refractivity contribution is 0.0697. The van der Waals surface area contributed by atoms with E-state index in [0.29, 0.717) is 11.5 Å². The third-order valence-electron chi connectivity index (χ3n) is 6.81. The standard InChI is InChI=1S/C26H29N3O3/c1-32-21-5-6-22-19(16-27-25(22)15-21)3-2-10-29-11-8-17(9-12-29)24-14-20-13-18(26(30)31)4-7-23(20)28-24/h4-7,13-17,27-28H,2-3,8-12H2,1H3,(H,30,31). The molecule has 0 radical (unpaired) electrons. The number of rotatable bonds is 7. The average molecular weight is 432 g/mol. The Morgan fingerprint density at radius 2 is 1.97 bits per heavy atom. The Morgan fingerprint density at radius 3 is 2.75 bits per heavy atom. The number of carboxylic acid groups (broad SMARTS) is 1. The van der Waals surface area contributed by atoms with Crippen molar-refractivity contribution in [2.45, 2.75) is 31.6 Å². The van der Waals surface area contributed by atoms with Crippen LogP contribution in [0.25, 0.3) is 21.8 Å². The number of fused-ring (bicyclic) bond motifs is 2. The minimum absolute atomic E-state index is 0.340. The first kappa shape index (κ1) is 20.6. The van der Waals surface area contributed by atoms with Gasteiger partial charge in [-0.05, 0) is 87.3 Å². The molecule has 0 atom stereocenters. The van der Waals surface area contributed by atoms with E-state index in [1.165, 1.54) is 16.6 Å². The second kappa shape index (κ2) is 8.71. The summed E-state index contributed by atoms with van der Waals surface area (Å²) < 4.78 is 5.31. The maximum Gasteiger partial charge on any atom is 0.335 e. The van der Waals surface area contributed by atoms with Crippen molar-refractivity contribution in [3.63, 3.8) is 0 Å². The lowest BCUT2D eigenvalue weighted by Gasteiger charge is -2.31. The molecular weight excluding hydrogens is 402 g/mol. The molecule has 6 nitrogen and oxygen atoms in total. The Labute approximate surface area is 187 Å². The molecule has 166 valence electrons. The number of aromatic nitrogens is 2. The van der Waals surface area contributed by atoms with E-state index < -0.39 is 5.97 Å². The van der Waals surface area contributed by atoms with Crippen molar-refractivity contribution in [1.29, 1.82) is 0 Å². The van der Waals surface area contributed by atoms with Gasteiger partial charge in [-0.25, -0.2) is 4.79 Å². The number of piperidine rings is 1. The zero-order valence-electron chi connectivity index (χ0n) is 18.4. The number of carboxylic acids is 1. The average Bonchev–Trinajstić information content (AvgIpc) is 3.42. The van der Waals surface area contributed by atoms with E-state index in [4.69, 9.17) is 4.74 Å². The summed E-state index contributed by atoms with van der Waals surface area (Å²) in [5, 5.41) is 11.5. The van der Waals surface area contributed by atoms with Crippen molar-refractivity contribution >= 4 is 27.8 Å². The first-order valence-electron chi connectivity index (χ1n) is 11.3. The number of ether oxygens (including phenoxy) is 1. The highest BCUT2D eigenvalue weighted by Gasteiger charge is 2.22. The molecule has 3 N–H and O–H groups in total. The normalized spacial score (nSPS) is 15.5. The number of hydrogen-bond acceptors (Lipinski definition) is 3. The number of H-pyrrole nitrogens is 2. The number of nitrogens with one attached hydrogen (secondary N) is 2. The maximum absolute atomic E-state index is 11.2. The first-order chi connectivity index (χ1) is 15.6. The van der Waals surface area contributed by atoms with Crippen molar-refractivity contribution in [2.24, 2.45) is 0 Å². The fourth-order valence-corrected chi connectivity index (χ4v) is 4.97. The molecule has 5 rings (SSSR count). The van der Waals surface area contributed by atoms with Gasteiger partial charge in [-0.2, -0.15) is 0 Å². The number of benzene rings is 2. The SMILES string of the molecule is COc1ccc2c(CCCN3CCC(c4cc5cc(C(=O)O)ccc5[nH]4)CC3)c[nH]c2c1. The molecule has 1 aliphatic rings. The zero-order chi connectivity index (χ0) is 22.1. The molecule has 0 bridgehead atoms. The minimum atomic E-state index is -0.879. The lowest BCUT2D eigenvalue weighted by atomic mass is 9.93. The van der Waals surface area contributed by atoms with Gasteiger partial charge in [0, 0.05) is 45.7 Å². The van der Waals surface area contributed by atoms with Gasteiger partial charge in [0.1, 0.15) is 5.75 Å². The summed E-state index contributed by atoms with van der Waals surface area (Å²) in [7, 11) is 1.70. The highest BCUT2D eigenvalue weighted by Crippen LogP contribution is 2.31. The number of aryl methyl sites for hydroxylation is 1. The van der Waals surface area contributed by atoms with Crippen molar-refractivity contribution in [3.8, 4) is 5.75 Å². The van der Waals surface area contributed by atoms with E-state index in [2.05, 4.69) is 39.3 Å². The molecule has 1 aliphatic heterocycles. The van der Waals surface area contributed by atoms with Gasteiger partial charge < -0.3 is 24.7 Å². The summed E-state index contributed by atoms with van der Waals surface area (Å²) in [6.45, 7) is 3.32. The predicted molar refractivity (Wildman–Crippen MR) is 127 cm³/mol. The second-order valence-electron chi connectivity index (χ2n) is 8.78. The van der Waals surface area contributed by atoms with Gasteiger partial charge in [-0.1, -0.05) is 0 Å². The van der Waals surface area contributed by atoms with Crippen molar-refractivity contribution < 1.29 is 14.6 Å². The number of likely N-dealkylation sites (tertiary alicyclic amines) is 1. The largest absolute Gasteiger partial charge is 0.497 e. The van der Waals surface area contributed by atoms with Gasteiger partial charge >= 0.3 is 5.97 Å². The third-order valence-corrected chi connectivity index (χ3v) is 6.81. The number of methoxy groups -OCH3 is 1. The number of nitrogens with zero attached hydrogens (tertiary/aromatic N) is 1. The van der Waals surface area contributed by atoms with Crippen LogP contribution in [0.15, 0.2) is 48.7 Å². The topological polar surface area (TPSA) is 81.3 Å². The molecule has 0 unspecified atom stereocenters. The Morgan fingerprint density at radius 1 is 1.12 bits per heavy atom. The highest BCUT2D eigenvalue weighted by atomic mass is 16.5. The number of aromatic amines is 2. The number of hydrogen-bond donors (Lipinski definition) is 3. The van der Waals surface area contributed by atoms with Crippen LogP contribution in [0.2, 0.25) is 0 Å². The summed E-state index contributed by atoms with van der Waals surface area (Å²) in [5.74, 6) is 0.511. The Balaban J connectivity index is 1.14.